The lowest BCUT2D eigenvalue weighted by Gasteiger charge is -2.22. The molecule has 1 amide bonds. The number of carbonyl (C=O) groups is 1. The van der Waals surface area contributed by atoms with E-state index in [4.69, 9.17) is 0 Å². The van der Waals surface area contributed by atoms with Crippen LogP contribution in [0.4, 0.5) is 0 Å². The van der Waals surface area contributed by atoms with Gasteiger partial charge in [0.05, 0.1) is 26.4 Å². The Morgan fingerprint density at radius 3 is 2.44 bits per heavy atom. The van der Waals surface area contributed by atoms with Crippen molar-refractivity contribution in [3.8, 4) is 5.69 Å². The largest absolute Gasteiger partial charge is 0.349 e. The fraction of sp³-hybridized carbons (Fsp3) is 0.250. The average Bonchev–Trinajstić information content (AvgIpc) is 3.16. The maximum absolute atomic E-state index is 12.3. The van der Waals surface area contributed by atoms with Crippen molar-refractivity contribution in [2.45, 2.75) is 11.2 Å². The summed E-state index contributed by atoms with van der Waals surface area (Å²) in [7, 11) is 4.20. The molecule has 2 aromatic carbocycles. The molecule has 6 nitrogen and oxygen atoms in total. The molecule has 7 heteroatoms. The molecular formula is C20H24N5OS+. The van der Waals surface area contributed by atoms with Crippen LogP contribution in [0, 0.1) is 0 Å². The van der Waals surface area contributed by atoms with Gasteiger partial charge >= 0.3 is 0 Å². The predicted octanol–water partition coefficient (Wildman–Crippen LogP) is 1.36. The number of quaternary nitrogens is 1. The van der Waals surface area contributed by atoms with E-state index < -0.39 is 0 Å². The minimum absolute atomic E-state index is 0.00945. The monoisotopic (exact) mass is 382 g/mol. The van der Waals surface area contributed by atoms with Gasteiger partial charge < -0.3 is 10.2 Å². The van der Waals surface area contributed by atoms with Crippen LogP contribution in [0.2, 0.25) is 0 Å². The summed E-state index contributed by atoms with van der Waals surface area (Å²) in [5, 5.41) is 11.8. The number of rotatable bonds is 8. The number of thioether (sulfide) groups is 1. The van der Waals surface area contributed by atoms with Crippen molar-refractivity contribution in [1.29, 1.82) is 0 Å². The molecule has 0 unspecified atom stereocenters. The smallest absolute Gasteiger partial charge is 0.230 e. The van der Waals surface area contributed by atoms with Gasteiger partial charge in [-0.05, 0) is 12.1 Å². The fourth-order valence-electron chi connectivity index (χ4n) is 2.83. The van der Waals surface area contributed by atoms with Gasteiger partial charge in [0.25, 0.3) is 0 Å². The van der Waals surface area contributed by atoms with Crippen LogP contribution < -0.4 is 10.2 Å². The Labute approximate surface area is 163 Å². The minimum atomic E-state index is -0.00945. The second kappa shape index (κ2) is 9.34. The summed E-state index contributed by atoms with van der Waals surface area (Å²) in [4.78, 5) is 13.6. The third kappa shape index (κ3) is 5.18. The zero-order chi connectivity index (χ0) is 19.1. The van der Waals surface area contributed by atoms with Crippen molar-refractivity contribution in [1.82, 2.24) is 20.1 Å². The lowest BCUT2D eigenvalue weighted by molar-refractivity contribution is -0.890. The Morgan fingerprint density at radius 1 is 1.11 bits per heavy atom. The molecule has 0 spiro atoms. The molecule has 1 aromatic heterocycles. The molecule has 0 saturated heterocycles. The highest BCUT2D eigenvalue weighted by molar-refractivity contribution is 7.99. The fourth-order valence-corrected chi connectivity index (χ4v) is 3.58. The zero-order valence-electron chi connectivity index (χ0n) is 15.5. The SMILES string of the molecule is C[NH+](C)[C@H](CNC(=O)CSc1nncn1-c1ccccc1)c1ccccc1. The Bertz CT molecular complexity index is 851. The summed E-state index contributed by atoms with van der Waals surface area (Å²) in [5.41, 5.74) is 2.19. The molecule has 1 heterocycles. The Balaban J connectivity index is 1.55. The van der Waals surface area contributed by atoms with Crippen LogP contribution in [-0.4, -0.2) is 47.1 Å². The van der Waals surface area contributed by atoms with Gasteiger partial charge in [-0.3, -0.25) is 9.36 Å². The van der Waals surface area contributed by atoms with E-state index in [1.54, 1.807) is 6.33 Å². The van der Waals surface area contributed by atoms with Crippen molar-refractivity contribution in [2.24, 2.45) is 0 Å². The van der Waals surface area contributed by atoms with Gasteiger partial charge in [-0.15, -0.1) is 10.2 Å². The van der Waals surface area contributed by atoms with Gasteiger partial charge in [0.2, 0.25) is 5.91 Å². The number of likely N-dealkylation sites (N-methyl/N-ethyl adjacent to an activating group) is 1. The number of para-hydroxylation sites is 1. The number of carbonyl (C=O) groups excluding carboxylic acids is 1. The van der Waals surface area contributed by atoms with E-state index in [0.29, 0.717) is 17.5 Å². The molecule has 1 atom stereocenters. The first kappa shape index (κ1) is 19.1. The van der Waals surface area contributed by atoms with Crippen LogP contribution in [-0.2, 0) is 4.79 Å². The molecule has 2 N–H and O–H groups in total. The first-order chi connectivity index (χ1) is 13.1. The summed E-state index contributed by atoms with van der Waals surface area (Å²) in [6.45, 7) is 0.594. The second-order valence-electron chi connectivity index (χ2n) is 6.45. The van der Waals surface area contributed by atoms with Crippen LogP contribution in [0.15, 0.2) is 72.1 Å². The Kier molecular flexibility index (Phi) is 6.62. The number of benzene rings is 2. The van der Waals surface area contributed by atoms with Gasteiger partial charge in [0.1, 0.15) is 12.4 Å². The minimum Gasteiger partial charge on any atom is -0.349 e. The number of nitrogens with one attached hydrogen (secondary N) is 2. The van der Waals surface area contributed by atoms with Gasteiger partial charge in [-0.1, -0.05) is 60.3 Å². The number of hydrogen-bond acceptors (Lipinski definition) is 4. The number of aromatic nitrogens is 3. The zero-order valence-corrected chi connectivity index (χ0v) is 16.3. The number of nitrogens with zero attached hydrogens (tertiary/aromatic N) is 3. The molecule has 0 aliphatic rings. The summed E-state index contributed by atoms with van der Waals surface area (Å²) < 4.78 is 1.88. The summed E-state index contributed by atoms with van der Waals surface area (Å²) in [5.74, 6) is 0.292. The van der Waals surface area contributed by atoms with E-state index in [-0.39, 0.29) is 11.9 Å². The highest BCUT2D eigenvalue weighted by Crippen LogP contribution is 2.19. The Morgan fingerprint density at radius 2 is 1.78 bits per heavy atom. The van der Waals surface area contributed by atoms with Crippen molar-refractivity contribution in [3.05, 3.63) is 72.6 Å². The highest BCUT2D eigenvalue weighted by atomic mass is 32.2. The van der Waals surface area contributed by atoms with Crippen LogP contribution >= 0.6 is 11.8 Å². The average molecular weight is 383 g/mol. The van der Waals surface area contributed by atoms with E-state index in [1.165, 1.54) is 22.2 Å². The first-order valence-electron chi connectivity index (χ1n) is 8.85. The molecule has 3 aromatic rings. The summed E-state index contributed by atoms with van der Waals surface area (Å²) >= 11 is 1.38. The van der Waals surface area contributed by atoms with Gasteiger partial charge in [-0.25, -0.2) is 0 Å². The van der Waals surface area contributed by atoms with E-state index in [0.717, 1.165) is 5.69 Å². The van der Waals surface area contributed by atoms with Gasteiger partial charge in [-0.2, -0.15) is 0 Å². The van der Waals surface area contributed by atoms with Crippen LogP contribution in [0.5, 0.6) is 0 Å². The third-order valence-electron chi connectivity index (χ3n) is 4.29. The number of amides is 1. The second-order valence-corrected chi connectivity index (χ2v) is 7.39. The molecule has 0 fully saturated rings. The molecule has 0 aliphatic carbocycles. The molecule has 27 heavy (non-hydrogen) atoms. The van der Waals surface area contributed by atoms with E-state index in [9.17, 15) is 4.79 Å². The van der Waals surface area contributed by atoms with Crippen molar-refractivity contribution in [3.63, 3.8) is 0 Å². The van der Waals surface area contributed by atoms with Crippen LogP contribution in [0.3, 0.4) is 0 Å². The molecule has 0 aliphatic heterocycles. The van der Waals surface area contributed by atoms with E-state index in [1.807, 2.05) is 53.1 Å². The van der Waals surface area contributed by atoms with Crippen molar-refractivity contribution in [2.75, 3.05) is 26.4 Å². The van der Waals surface area contributed by atoms with Crippen LogP contribution in [0.25, 0.3) is 5.69 Å². The van der Waals surface area contributed by atoms with Crippen LogP contribution in [0.1, 0.15) is 11.6 Å². The Hall–Kier alpha value is -2.64. The lowest BCUT2D eigenvalue weighted by Crippen LogP contribution is -3.07. The quantitative estimate of drug-likeness (QED) is 0.578. The predicted molar refractivity (Wildman–Crippen MR) is 107 cm³/mol. The van der Waals surface area contributed by atoms with Gasteiger partial charge in [0.15, 0.2) is 5.16 Å². The maximum Gasteiger partial charge on any atom is 0.230 e. The topological polar surface area (TPSA) is 64.2 Å². The van der Waals surface area contributed by atoms with Gasteiger partial charge in [0, 0.05) is 11.3 Å². The lowest BCUT2D eigenvalue weighted by atomic mass is 10.1. The van der Waals surface area contributed by atoms with E-state index in [2.05, 4.69) is 41.7 Å². The van der Waals surface area contributed by atoms with Crippen molar-refractivity contribution < 1.29 is 9.69 Å². The molecule has 0 radical (unpaired) electrons. The van der Waals surface area contributed by atoms with Crippen molar-refractivity contribution >= 4 is 17.7 Å². The van der Waals surface area contributed by atoms with E-state index >= 15 is 0 Å². The molecular weight excluding hydrogens is 358 g/mol. The third-order valence-corrected chi connectivity index (χ3v) is 5.23. The maximum atomic E-state index is 12.3. The molecule has 3 rings (SSSR count). The molecule has 140 valence electrons. The normalized spacial score (nSPS) is 12.1. The number of hydrogen-bond donors (Lipinski definition) is 2. The highest BCUT2D eigenvalue weighted by Gasteiger charge is 2.18. The summed E-state index contributed by atoms with van der Waals surface area (Å²) in [6, 6.07) is 20.3. The molecule has 0 saturated carbocycles. The molecule has 0 bridgehead atoms. The summed E-state index contributed by atoms with van der Waals surface area (Å²) in [6.07, 6.45) is 1.66. The standard InChI is InChI=1S/C20H23N5OS/c1-24(2)18(16-9-5-3-6-10-16)13-21-19(26)14-27-20-23-22-15-25(20)17-11-7-4-8-12-17/h3-12,15,18H,13-14H2,1-2H3,(H,21,26)/p+1/t18-/m1/s1. The first-order valence-corrected chi connectivity index (χ1v) is 9.83.